The second-order valence-corrected chi connectivity index (χ2v) is 4.94. The molecule has 0 aliphatic heterocycles. The normalized spacial score (nSPS) is 13.9. The predicted molar refractivity (Wildman–Crippen MR) is 72.0 cm³/mol. The lowest BCUT2D eigenvalue weighted by Gasteiger charge is -2.14. The Morgan fingerprint density at radius 3 is 2.83 bits per heavy atom. The molecule has 1 aromatic rings. The van der Waals surface area contributed by atoms with Gasteiger partial charge in [-0.1, -0.05) is 6.92 Å². The lowest BCUT2D eigenvalue weighted by atomic mass is 10.1. The van der Waals surface area contributed by atoms with E-state index in [-0.39, 0.29) is 25.1 Å². The lowest BCUT2D eigenvalue weighted by Crippen LogP contribution is -2.41. The highest BCUT2D eigenvalue weighted by molar-refractivity contribution is 7.07. The van der Waals surface area contributed by atoms with Gasteiger partial charge in [0.25, 0.3) is 0 Å². The van der Waals surface area contributed by atoms with E-state index < -0.39 is 6.10 Å². The molecule has 3 N–H and O–H groups in total. The average Bonchev–Trinajstić information content (AvgIpc) is 2.87. The number of urea groups is 1. The minimum absolute atomic E-state index is 0.187. The molecule has 6 heteroatoms. The minimum Gasteiger partial charge on any atom is -0.389 e. The molecule has 0 bridgehead atoms. The van der Waals surface area contributed by atoms with Gasteiger partial charge in [0.05, 0.1) is 12.7 Å². The molecule has 0 saturated heterocycles. The van der Waals surface area contributed by atoms with Crippen LogP contribution >= 0.6 is 11.3 Å². The maximum absolute atomic E-state index is 11.5. The predicted octanol–water partition coefficient (Wildman–Crippen LogP) is 1.16. The third kappa shape index (κ3) is 5.48. The van der Waals surface area contributed by atoms with Gasteiger partial charge in [0, 0.05) is 20.2 Å². The van der Waals surface area contributed by atoms with Crippen molar-refractivity contribution in [3.8, 4) is 0 Å². The number of hydrogen-bond donors (Lipinski definition) is 3. The molecule has 0 fully saturated rings. The quantitative estimate of drug-likeness (QED) is 0.697. The van der Waals surface area contributed by atoms with Crippen molar-refractivity contribution in [3.05, 3.63) is 22.4 Å². The Morgan fingerprint density at radius 2 is 2.22 bits per heavy atom. The zero-order valence-corrected chi connectivity index (χ0v) is 11.5. The Balaban J connectivity index is 2.17. The smallest absolute Gasteiger partial charge is 0.314 e. The standard InChI is InChI=1S/C12H20N2O3S/c1-9(10-3-4-18-8-10)5-13-12(16)14-6-11(15)7-17-2/h3-4,8-9,11,15H,5-7H2,1-2H3,(H2,13,14,16). The Hall–Kier alpha value is -1.11. The number of carbonyl (C=O) groups excluding carboxylic acids is 1. The van der Waals surface area contributed by atoms with Gasteiger partial charge in [-0.05, 0) is 28.3 Å². The van der Waals surface area contributed by atoms with E-state index in [1.807, 2.05) is 5.38 Å². The van der Waals surface area contributed by atoms with Gasteiger partial charge in [-0.3, -0.25) is 0 Å². The summed E-state index contributed by atoms with van der Waals surface area (Å²) in [5, 5.41) is 18.8. The van der Waals surface area contributed by atoms with E-state index in [1.54, 1.807) is 11.3 Å². The fraction of sp³-hybridized carbons (Fsp3) is 0.583. The van der Waals surface area contributed by atoms with Crippen LogP contribution in [0, 0.1) is 0 Å². The van der Waals surface area contributed by atoms with E-state index in [1.165, 1.54) is 12.7 Å². The molecule has 1 rings (SSSR count). The molecule has 0 aliphatic carbocycles. The maximum Gasteiger partial charge on any atom is 0.314 e. The van der Waals surface area contributed by atoms with E-state index in [4.69, 9.17) is 4.74 Å². The van der Waals surface area contributed by atoms with Gasteiger partial charge in [0.1, 0.15) is 0 Å². The highest BCUT2D eigenvalue weighted by Crippen LogP contribution is 2.16. The van der Waals surface area contributed by atoms with Crippen molar-refractivity contribution in [2.45, 2.75) is 18.9 Å². The van der Waals surface area contributed by atoms with E-state index in [0.29, 0.717) is 6.54 Å². The SMILES string of the molecule is COCC(O)CNC(=O)NCC(C)c1ccsc1. The molecule has 0 aromatic carbocycles. The van der Waals surface area contributed by atoms with Crippen LogP contribution in [0.25, 0.3) is 0 Å². The molecule has 0 aliphatic rings. The summed E-state index contributed by atoms with van der Waals surface area (Å²) < 4.78 is 4.76. The van der Waals surface area contributed by atoms with Crippen molar-refractivity contribution in [1.29, 1.82) is 0 Å². The first-order valence-electron chi connectivity index (χ1n) is 5.84. The number of nitrogens with one attached hydrogen (secondary N) is 2. The van der Waals surface area contributed by atoms with Crippen molar-refractivity contribution in [2.75, 3.05) is 26.8 Å². The molecular formula is C12H20N2O3S. The lowest BCUT2D eigenvalue weighted by molar-refractivity contribution is 0.0660. The third-order valence-electron chi connectivity index (χ3n) is 2.54. The molecule has 0 saturated carbocycles. The van der Waals surface area contributed by atoms with Crippen LogP contribution in [0.3, 0.4) is 0 Å². The largest absolute Gasteiger partial charge is 0.389 e. The second-order valence-electron chi connectivity index (χ2n) is 4.16. The summed E-state index contributed by atoms with van der Waals surface area (Å²) in [6.07, 6.45) is -0.671. The molecule has 0 spiro atoms. The molecule has 2 unspecified atom stereocenters. The number of methoxy groups -OCH3 is 1. The highest BCUT2D eigenvalue weighted by Gasteiger charge is 2.09. The van der Waals surface area contributed by atoms with Gasteiger partial charge < -0.3 is 20.5 Å². The number of hydrogen-bond acceptors (Lipinski definition) is 4. The van der Waals surface area contributed by atoms with Crippen LogP contribution in [0.1, 0.15) is 18.4 Å². The van der Waals surface area contributed by atoms with Crippen molar-refractivity contribution in [2.24, 2.45) is 0 Å². The van der Waals surface area contributed by atoms with Crippen LogP contribution in [0.2, 0.25) is 0 Å². The van der Waals surface area contributed by atoms with Crippen LogP contribution < -0.4 is 10.6 Å². The van der Waals surface area contributed by atoms with Crippen molar-refractivity contribution in [3.63, 3.8) is 0 Å². The average molecular weight is 272 g/mol. The number of rotatable bonds is 7. The molecular weight excluding hydrogens is 252 g/mol. The summed E-state index contributed by atoms with van der Waals surface area (Å²) >= 11 is 1.65. The van der Waals surface area contributed by atoms with Crippen LogP contribution in [-0.4, -0.2) is 44.0 Å². The first-order valence-corrected chi connectivity index (χ1v) is 6.78. The summed E-state index contributed by atoms with van der Waals surface area (Å²) in [5.74, 6) is 0.283. The fourth-order valence-corrected chi connectivity index (χ4v) is 2.23. The topological polar surface area (TPSA) is 70.6 Å². The van der Waals surface area contributed by atoms with Crippen LogP contribution in [0.15, 0.2) is 16.8 Å². The minimum atomic E-state index is -0.671. The summed E-state index contributed by atoms with van der Waals surface area (Å²) in [5.41, 5.74) is 1.22. The van der Waals surface area contributed by atoms with E-state index in [0.717, 1.165) is 0 Å². The molecule has 18 heavy (non-hydrogen) atoms. The zero-order chi connectivity index (χ0) is 13.4. The van der Waals surface area contributed by atoms with Crippen molar-refractivity contribution >= 4 is 17.4 Å². The first-order chi connectivity index (χ1) is 8.63. The zero-order valence-electron chi connectivity index (χ0n) is 10.7. The van der Waals surface area contributed by atoms with Gasteiger partial charge >= 0.3 is 6.03 Å². The van der Waals surface area contributed by atoms with E-state index >= 15 is 0 Å². The van der Waals surface area contributed by atoms with E-state index in [2.05, 4.69) is 29.0 Å². The van der Waals surface area contributed by atoms with Crippen molar-refractivity contribution in [1.82, 2.24) is 10.6 Å². The van der Waals surface area contributed by atoms with Gasteiger partial charge in [-0.15, -0.1) is 0 Å². The summed E-state index contributed by atoms with van der Waals surface area (Å²) in [7, 11) is 1.51. The number of aliphatic hydroxyl groups is 1. The van der Waals surface area contributed by atoms with E-state index in [9.17, 15) is 9.90 Å². The summed E-state index contributed by atoms with van der Waals surface area (Å²) in [6, 6.07) is 1.78. The molecule has 1 heterocycles. The van der Waals surface area contributed by atoms with Crippen LogP contribution in [0.4, 0.5) is 4.79 Å². The van der Waals surface area contributed by atoms with Gasteiger partial charge in [0.2, 0.25) is 0 Å². The Labute approximate surface area is 111 Å². The summed E-state index contributed by atoms with van der Waals surface area (Å²) in [6.45, 7) is 3.03. The van der Waals surface area contributed by atoms with Crippen LogP contribution in [0.5, 0.6) is 0 Å². The number of ether oxygens (including phenoxy) is 1. The summed E-state index contributed by atoms with van der Waals surface area (Å²) in [4.78, 5) is 11.5. The number of thiophene rings is 1. The number of carbonyl (C=O) groups is 1. The highest BCUT2D eigenvalue weighted by atomic mass is 32.1. The molecule has 0 radical (unpaired) electrons. The molecule has 2 amide bonds. The van der Waals surface area contributed by atoms with Crippen LogP contribution in [-0.2, 0) is 4.74 Å². The Morgan fingerprint density at radius 1 is 1.50 bits per heavy atom. The van der Waals surface area contributed by atoms with Gasteiger partial charge in [-0.25, -0.2) is 4.79 Å². The first kappa shape index (κ1) is 14.9. The van der Waals surface area contributed by atoms with Gasteiger partial charge in [-0.2, -0.15) is 11.3 Å². The molecule has 5 nitrogen and oxygen atoms in total. The van der Waals surface area contributed by atoms with Gasteiger partial charge in [0.15, 0.2) is 0 Å². The molecule has 1 aromatic heterocycles. The number of amides is 2. The molecule has 2 atom stereocenters. The number of aliphatic hydroxyl groups excluding tert-OH is 1. The Bertz CT molecular complexity index is 343. The fourth-order valence-electron chi connectivity index (χ4n) is 1.44. The third-order valence-corrected chi connectivity index (χ3v) is 3.24. The molecule has 102 valence electrons. The Kier molecular flexibility index (Phi) is 6.70. The maximum atomic E-state index is 11.5. The monoisotopic (exact) mass is 272 g/mol. The second kappa shape index (κ2) is 8.07. The van der Waals surface area contributed by atoms with Crippen molar-refractivity contribution < 1.29 is 14.6 Å².